The molecule has 0 aliphatic rings. The molecule has 0 atom stereocenters. The molecular weight excluding hydrogens is 322 g/mol. The van der Waals surface area contributed by atoms with E-state index in [2.05, 4.69) is 25.7 Å². The van der Waals surface area contributed by atoms with Crippen LogP contribution in [0, 0.1) is 0 Å². The molecule has 0 aliphatic carbocycles. The molecule has 0 amide bonds. The second kappa shape index (κ2) is 11.6. The topological polar surface area (TPSA) is 57.2 Å². The number of rotatable bonds is 12. The SMILES string of the molecule is CCCCOc1c(OC)cc(C(=O)OCCN(CC)CC)cc1OC. The third-order valence-electron chi connectivity index (χ3n) is 3.98. The van der Waals surface area contributed by atoms with Crippen molar-refractivity contribution in [3.8, 4) is 17.2 Å². The molecule has 0 heterocycles. The van der Waals surface area contributed by atoms with Crippen LogP contribution in [0.5, 0.6) is 17.2 Å². The van der Waals surface area contributed by atoms with E-state index in [4.69, 9.17) is 18.9 Å². The van der Waals surface area contributed by atoms with E-state index >= 15 is 0 Å². The maximum atomic E-state index is 12.3. The van der Waals surface area contributed by atoms with Crippen molar-refractivity contribution in [2.24, 2.45) is 0 Å². The molecule has 0 bridgehead atoms. The second-order valence-corrected chi connectivity index (χ2v) is 5.57. The summed E-state index contributed by atoms with van der Waals surface area (Å²) in [5, 5.41) is 0. The molecule has 0 saturated heterocycles. The summed E-state index contributed by atoms with van der Waals surface area (Å²) in [6, 6.07) is 3.26. The largest absolute Gasteiger partial charge is 0.493 e. The van der Waals surface area contributed by atoms with Crippen LogP contribution in [0.4, 0.5) is 0 Å². The van der Waals surface area contributed by atoms with E-state index in [1.807, 2.05) is 0 Å². The molecule has 0 N–H and O–H groups in total. The fourth-order valence-electron chi connectivity index (χ4n) is 2.35. The minimum atomic E-state index is -0.399. The molecule has 0 aromatic heterocycles. The number of benzene rings is 1. The summed E-state index contributed by atoms with van der Waals surface area (Å²) in [7, 11) is 3.08. The van der Waals surface area contributed by atoms with Gasteiger partial charge in [0.1, 0.15) is 6.61 Å². The Hall–Kier alpha value is -1.95. The summed E-state index contributed by atoms with van der Waals surface area (Å²) >= 11 is 0. The van der Waals surface area contributed by atoms with Gasteiger partial charge in [-0.1, -0.05) is 27.2 Å². The molecule has 6 heteroatoms. The van der Waals surface area contributed by atoms with Gasteiger partial charge in [0.2, 0.25) is 5.75 Å². The van der Waals surface area contributed by atoms with E-state index in [-0.39, 0.29) is 0 Å². The normalized spacial score (nSPS) is 10.6. The van der Waals surface area contributed by atoms with Crippen LogP contribution in [-0.2, 0) is 4.74 Å². The molecule has 0 aliphatic heterocycles. The summed E-state index contributed by atoms with van der Waals surface area (Å²) in [6.07, 6.45) is 1.96. The first kappa shape index (κ1) is 21.1. The number of hydrogen-bond donors (Lipinski definition) is 0. The number of esters is 1. The van der Waals surface area contributed by atoms with Crippen LogP contribution in [0.2, 0.25) is 0 Å². The van der Waals surface area contributed by atoms with Gasteiger partial charge in [0.25, 0.3) is 0 Å². The number of methoxy groups -OCH3 is 2. The lowest BCUT2D eigenvalue weighted by Crippen LogP contribution is -2.27. The van der Waals surface area contributed by atoms with E-state index in [9.17, 15) is 4.79 Å². The minimum Gasteiger partial charge on any atom is -0.493 e. The molecular formula is C19H31NO5. The van der Waals surface area contributed by atoms with Crippen molar-refractivity contribution in [3.63, 3.8) is 0 Å². The van der Waals surface area contributed by atoms with Gasteiger partial charge in [0.05, 0.1) is 26.4 Å². The monoisotopic (exact) mass is 353 g/mol. The number of hydrogen-bond acceptors (Lipinski definition) is 6. The van der Waals surface area contributed by atoms with Crippen molar-refractivity contribution in [1.82, 2.24) is 4.90 Å². The predicted octanol–water partition coefficient (Wildman–Crippen LogP) is 3.38. The first-order valence-corrected chi connectivity index (χ1v) is 8.89. The Labute approximate surface area is 151 Å². The Morgan fingerprint density at radius 3 is 2.08 bits per heavy atom. The molecule has 1 rings (SSSR count). The van der Waals surface area contributed by atoms with Crippen LogP contribution in [0.15, 0.2) is 12.1 Å². The van der Waals surface area contributed by atoms with E-state index in [1.165, 1.54) is 14.2 Å². The maximum Gasteiger partial charge on any atom is 0.338 e. The molecule has 0 saturated carbocycles. The molecule has 1 aromatic rings. The summed E-state index contributed by atoms with van der Waals surface area (Å²) in [5.41, 5.74) is 0.385. The quantitative estimate of drug-likeness (QED) is 0.424. The highest BCUT2D eigenvalue weighted by atomic mass is 16.5. The van der Waals surface area contributed by atoms with Crippen LogP contribution in [-0.4, -0.2) is 57.9 Å². The van der Waals surface area contributed by atoms with Crippen LogP contribution in [0.1, 0.15) is 44.0 Å². The van der Waals surface area contributed by atoms with Crippen LogP contribution < -0.4 is 14.2 Å². The van der Waals surface area contributed by atoms with Crippen LogP contribution in [0.25, 0.3) is 0 Å². The predicted molar refractivity (Wildman–Crippen MR) is 98.0 cm³/mol. The van der Waals surface area contributed by atoms with Crippen molar-refractivity contribution in [3.05, 3.63) is 17.7 Å². The van der Waals surface area contributed by atoms with Crippen molar-refractivity contribution >= 4 is 5.97 Å². The molecule has 0 fully saturated rings. The molecule has 1 aromatic carbocycles. The fraction of sp³-hybridized carbons (Fsp3) is 0.632. The van der Waals surface area contributed by atoms with Gasteiger partial charge in [-0.15, -0.1) is 0 Å². The Balaban J connectivity index is 2.84. The van der Waals surface area contributed by atoms with Gasteiger partial charge in [-0.2, -0.15) is 0 Å². The lowest BCUT2D eigenvalue weighted by Gasteiger charge is -2.18. The minimum absolute atomic E-state index is 0.347. The summed E-state index contributed by atoms with van der Waals surface area (Å²) in [6.45, 7) is 9.74. The number of carbonyl (C=O) groups excluding carboxylic acids is 1. The molecule has 142 valence electrons. The summed E-state index contributed by atoms with van der Waals surface area (Å²) in [5.74, 6) is 1.04. The van der Waals surface area contributed by atoms with Crippen molar-refractivity contribution < 1.29 is 23.7 Å². The summed E-state index contributed by atoms with van der Waals surface area (Å²) in [4.78, 5) is 14.5. The van der Waals surface area contributed by atoms with E-state index < -0.39 is 5.97 Å². The van der Waals surface area contributed by atoms with Gasteiger partial charge in [-0.25, -0.2) is 4.79 Å². The first-order chi connectivity index (χ1) is 12.1. The smallest absolute Gasteiger partial charge is 0.338 e. The number of nitrogens with zero attached hydrogens (tertiary/aromatic N) is 1. The number of unbranched alkanes of at least 4 members (excludes halogenated alkanes) is 1. The van der Waals surface area contributed by atoms with E-state index in [0.29, 0.717) is 42.6 Å². The first-order valence-electron chi connectivity index (χ1n) is 8.89. The van der Waals surface area contributed by atoms with Gasteiger partial charge in [-0.3, -0.25) is 0 Å². The number of ether oxygens (including phenoxy) is 4. The van der Waals surface area contributed by atoms with E-state index in [1.54, 1.807) is 12.1 Å². The molecule has 0 unspecified atom stereocenters. The lowest BCUT2D eigenvalue weighted by atomic mass is 10.2. The molecule has 0 radical (unpaired) electrons. The Morgan fingerprint density at radius 2 is 1.60 bits per heavy atom. The van der Waals surface area contributed by atoms with Gasteiger partial charge >= 0.3 is 5.97 Å². The Bertz CT molecular complexity index is 504. The fourth-order valence-corrected chi connectivity index (χ4v) is 2.35. The van der Waals surface area contributed by atoms with Gasteiger partial charge in [-0.05, 0) is 31.6 Å². The summed E-state index contributed by atoms with van der Waals surface area (Å²) < 4.78 is 21.9. The molecule has 0 spiro atoms. The highest BCUT2D eigenvalue weighted by molar-refractivity contribution is 5.91. The third-order valence-corrected chi connectivity index (χ3v) is 3.98. The zero-order valence-electron chi connectivity index (χ0n) is 16.1. The highest BCUT2D eigenvalue weighted by Crippen LogP contribution is 2.38. The van der Waals surface area contributed by atoms with Gasteiger partial charge in [0, 0.05) is 6.54 Å². The maximum absolute atomic E-state index is 12.3. The van der Waals surface area contributed by atoms with E-state index in [0.717, 1.165) is 25.9 Å². The third kappa shape index (κ3) is 6.46. The molecule has 25 heavy (non-hydrogen) atoms. The zero-order valence-corrected chi connectivity index (χ0v) is 16.1. The standard InChI is InChI=1S/C19H31NO5/c1-6-9-11-24-18-16(22-4)13-15(14-17(18)23-5)19(21)25-12-10-20(7-2)8-3/h13-14H,6-12H2,1-5H3. The van der Waals surface area contributed by atoms with Crippen LogP contribution in [0.3, 0.4) is 0 Å². The Kier molecular flexibility index (Phi) is 9.77. The Morgan fingerprint density at radius 1 is 1.00 bits per heavy atom. The van der Waals surface area contributed by atoms with Crippen molar-refractivity contribution in [2.75, 3.05) is 47.1 Å². The van der Waals surface area contributed by atoms with Crippen molar-refractivity contribution in [1.29, 1.82) is 0 Å². The van der Waals surface area contributed by atoms with Gasteiger partial charge < -0.3 is 23.8 Å². The lowest BCUT2D eigenvalue weighted by molar-refractivity contribution is 0.0465. The highest BCUT2D eigenvalue weighted by Gasteiger charge is 2.18. The number of carbonyl (C=O) groups is 1. The van der Waals surface area contributed by atoms with Crippen LogP contribution >= 0.6 is 0 Å². The molecule has 6 nitrogen and oxygen atoms in total. The van der Waals surface area contributed by atoms with Crippen molar-refractivity contribution in [2.45, 2.75) is 33.6 Å². The average Bonchev–Trinajstić information content (AvgIpc) is 2.64. The second-order valence-electron chi connectivity index (χ2n) is 5.57. The number of likely N-dealkylation sites (N-methyl/N-ethyl adjacent to an activating group) is 1. The zero-order chi connectivity index (χ0) is 18.7. The van der Waals surface area contributed by atoms with Gasteiger partial charge in [0.15, 0.2) is 11.5 Å². The average molecular weight is 353 g/mol.